The Bertz CT molecular complexity index is 973. The first-order chi connectivity index (χ1) is 12.9. The predicted octanol–water partition coefficient (Wildman–Crippen LogP) is 2.03. The number of rotatable bonds is 4. The number of anilines is 2. The van der Waals surface area contributed by atoms with Crippen molar-refractivity contribution in [3.63, 3.8) is 0 Å². The molecule has 1 N–H and O–H groups in total. The van der Waals surface area contributed by atoms with Crippen molar-refractivity contribution in [2.24, 2.45) is 0 Å². The molecule has 3 rings (SSSR count). The molecule has 2 aromatic rings. The Balaban J connectivity index is 1.69. The van der Waals surface area contributed by atoms with E-state index in [0.29, 0.717) is 37.4 Å². The van der Waals surface area contributed by atoms with Crippen LogP contribution in [0.2, 0.25) is 0 Å². The lowest BCUT2D eigenvalue weighted by atomic mass is 10.2. The summed E-state index contributed by atoms with van der Waals surface area (Å²) in [4.78, 5) is 13.4. The van der Waals surface area contributed by atoms with Crippen LogP contribution in [0.15, 0.2) is 53.4 Å². The molecule has 27 heavy (non-hydrogen) atoms. The van der Waals surface area contributed by atoms with E-state index in [-0.39, 0.29) is 10.8 Å². The molecule has 1 aliphatic rings. The summed E-state index contributed by atoms with van der Waals surface area (Å²) in [6.07, 6.45) is 0. The van der Waals surface area contributed by atoms with Crippen molar-refractivity contribution in [3.8, 4) is 6.07 Å². The molecule has 0 aromatic heterocycles. The van der Waals surface area contributed by atoms with Gasteiger partial charge in [0.15, 0.2) is 0 Å². The van der Waals surface area contributed by atoms with E-state index in [1.54, 1.807) is 18.2 Å². The molecule has 1 heterocycles. The van der Waals surface area contributed by atoms with E-state index in [1.165, 1.54) is 23.4 Å². The van der Waals surface area contributed by atoms with Gasteiger partial charge < -0.3 is 10.2 Å². The number of nitrogens with zero attached hydrogens (tertiary/aromatic N) is 3. The third kappa shape index (κ3) is 4.27. The molecule has 0 atom stereocenters. The summed E-state index contributed by atoms with van der Waals surface area (Å²) in [7, 11) is -3.58. The molecule has 7 nitrogen and oxygen atoms in total. The van der Waals surface area contributed by atoms with Crippen LogP contribution < -0.4 is 10.2 Å². The van der Waals surface area contributed by atoms with Gasteiger partial charge in [0.1, 0.15) is 0 Å². The van der Waals surface area contributed by atoms with Gasteiger partial charge in [-0.05, 0) is 42.5 Å². The zero-order valence-electron chi connectivity index (χ0n) is 14.9. The molecular formula is C19H20N4O3S. The van der Waals surface area contributed by atoms with Crippen LogP contribution in [0.1, 0.15) is 12.5 Å². The Morgan fingerprint density at radius 1 is 1.07 bits per heavy atom. The maximum atomic E-state index is 12.8. The van der Waals surface area contributed by atoms with Gasteiger partial charge in [0.2, 0.25) is 15.9 Å². The number of hydrogen-bond donors (Lipinski definition) is 1. The summed E-state index contributed by atoms with van der Waals surface area (Å²) >= 11 is 0. The highest BCUT2D eigenvalue weighted by molar-refractivity contribution is 7.89. The summed E-state index contributed by atoms with van der Waals surface area (Å²) in [5.74, 6) is -0.206. The molecule has 1 saturated heterocycles. The van der Waals surface area contributed by atoms with Crippen LogP contribution in [0.4, 0.5) is 11.4 Å². The number of nitriles is 1. The van der Waals surface area contributed by atoms with Gasteiger partial charge in [-0.3, -0.25) is 4.79 Å². The smallest absolute Gasteiger partial charge is 0.243 e. The lowest BCUT2D eigenvalue weighted by molar-refractivity contribution is -0.114. The fourth-order valence-electron chi connectivity index (χ4n) is 3.02. The molecule has 2 aromatic carbocycles. The number of sulfonamides is 1. The molecule has 0 bridgehead atoms. The quantitative estimate of drug-likeness (QED) is 0.871. The van der Waals surface area contributed by atoms with E-state index in [4.69, 9.17) is 5.26 Å². The van der Waals surface area contributed by atoms with E-state index in [9.17, 15) is 13.2 Å². The van der Waals surface area contributed by atoms with Crippen LogP contribution in [0.3, 0.4) is 0 Å². The molecule has 0 aliphatic carbocycles. The Morgan fingerprint density at radius 2 is 1.74 bits per heavy atom. The van der Waals surface area contributed by atoms with Crippen molar-refractivity contribution < 1.29 is 13.2 Å². The Labute approximate surface area is 158 Å². The molecule has 140 valence electrons. The number of carbonyl (C=O) groups excluding carboxylic acids is 1. The maximum absolute atomic E-state index is 12.8. The molecule has 0 unspecified atom stereocenters. The van der Waals surface area contributed by atoms with Crippen molar-refractivity contribution in [2.45, 2.75) is 11.8 Å². The molecule has 1 fully saturated rings. The number of nitrogens with one attached hydrogen (secondary N) is 1. The van der Waals surface area contributed by atoms with E-state index >= 15 is 0 Å². The van der Waals surface area contributed by atoms with Crippen LogP contribution in [0.5, 0.6) is 0 Å². The SMILES string of the molecule is CC(=O)Nc1ccc(S(=O)(=O)N2CCN(c3cccc(C#N)c3)CC2)cc1. The van der Waals surface area contributed by atoms with Crippen molar-refractivity contribution in [2.75, 3.05) is 36.4 Å². The van der Waals surface area contributed by atoms with Gasteiger partial charge in [0, 0.05) is 44.5 Å². The molecule has 1 amide bonds. The average molecular weight is 384 g/mol. The number of carbonyl (C=O) groups is 1. The van der Waals surface area contributed by atoms with Crippen molar-refractivity contribution >= 4 is 27.3 Å². The van der Waals surface area contributed by atoms with Crippen LogP contribution >= 0.6 is 0 Å². The summed E-state index contributed by atoms with van der Waals surface area (Å²) in [6.45, 7) is 3.24. The highest BCUT2D eigenvalue weighted by Gasteiger charge is 2.28. The minimum absolute atomic E-state index is 0.205. The van der Waals surface area contributed by atoms with Crippen LogP contribution in [0, 0.1) is 11.3 Å². The highest BCUT2D eigenvalue weighted by Crippen LogP contribution is 2.23. The monoisotopic (exact) mass is 384 g/mol. The molecule has 1 aliphatic heterocycles. The minimum atomic E-state index is -3.58. The van der Waals surface area contributed by atoms with Gasteiger partial charge in [-0.1, -0.05) is 6.07 Å². The zero-order valence-corrected chi connectivity index (χ0v) is 15.7. The fourth-order valence-corrected chi connectivity index (χ4v) is 4.44. The van der Waals surface area contributed by atoms with E-state index in [0.717, 1.165) is 5.69 Å². The predicted molar refractivity (Wildman–Crippen MR) is 103 cm³/mol. The average Bonchev–Trinajstić information content (AvgIpc) is 2.68. The second-order valence-electron chi connectivity index (χ2n) is 6.26. The minimum Gasteiger partial charge on any atom is -0.369 e. The standard InChI is InChI=1S/C19H20N4O3S/c1-15(24)21-17-5-7-19(8-6-17)27(25,26)23-11-9-22(10-12-23)18-4-2-3-16(13-18)14-20/h2-8,13H,9-12H2,1H3,(H,21,24). The molecular weight excluding hydrogens is 364 g/mol. The Hall–Kier alpha value is -2.89. The first kappa shape index (κ1) is 18.9. The normalized spacial score (nSPS) is 15.2. The first-order valence-corrected chi connectivity index (χ1v) is 9.97. The van der Waals surface area contributed by atoms with Crippen molar-refractivity contribution in [3.05, 3.63) is 54.1 Å². The van der Waals surface area contributed by atoms with E-state index in [2.05, 4.69) is 16.3 Å². The van der Waals surface area contributed by atoms with E-state index in [1.807, 2.05) is 18.2 Å². The summed E-state index contributed by atoms with van der Waals surface area (Å²) in [5, 5.41) is 11.6. The largest absolute Gasteiger partial charge is 0.369 e. The summed E-state index contributed by atoms with van der Waals surface area (Å²) in [6, 6.07) is 15.6. The number of benzene rings is 2. The number of amides is 1. The third-order valence-electron chi connectivity index (χ3n) is 4.39. The molecule has 8 heteroatoms. The van der Waals surface area contributed by atoms with Gasteiger partial charge in [-0.2, -0.15) is 9.57 Å². The van der Waals surface area contributed by atoms with Gasteiger partial charge in [-0.15, -0.1) is 0 Å². The number of piperazine rings is 1. The van der Waals surface area contributed by atoms with Crippen LogP contribution in [-0.4, -0.2) is 44.8 Å². The first-order valence-electron chi connectivity index (χ1n) is 8.53. The molecule has 0 spiro atoms. The van der Waals surface area contributed by atoms with E-state index < -0.39 is 10.0 Å². The lowest BCUT2D eigenvalue weighted by Gasteiger charge is -2.35. The topological polar surface area (TPSA) is 93.5 Å². The van der Waals surface area contributed by atoms with Crippen molar-refractivity contribution in [1.82, 2.24) is 4.31 Å². The Morgan fingerprint density at radius 3 is 2.33 bits per heavy atom. The maximum Gasteiger partial charge on any atom is 0.243 e. The molecule has 0 radical (unpaired) electrons. The van der Waals surface area contributed by atoms with Gasteiger partial charge in [0.25, 0.3) is 0 Å². The third-order valence-corrected chi connectivity index (χ3v) is 6.30. The Kier molecular flexibility index (Phi) is 5.44. The van der Waals surface area contributed by atoms with Crippen LogP contribution in [0.25, 0.3) is 0 Å². The van der Waals surface area contributed by atoms with Gasteiger partial charge >= 0.3 is 0 Å². The lowest BCUT2D eigenvalue weighted by Crippen LogP contribution is -2.48. The fraction of sp³-hybridized carbons (Fsp3) is 0.263. The van der Waals surface area contributed by atoms with Gasteiger partial charge in [0.05, 0.1) is 16.5 Å². The van der Waals surface area contributed by atoms with Crippen molar-refractivity contribution in [1.29, 1.82) is 5.26 Å². The molecule has 0 saturated carbocycles. The second kappa shape index (κ2) is 7.78. The highest BCUT2D eigenvalue weighted by atomic mass is 32.2. The zero-order chi connectivity index (χ0) is 19.4. The summed E-state index contributed by atoms with van der Waals surface area (Å²) < 4.78 is 27.1. The summed E-state index contributed by atoms with van der Waals surface area (Å²) in [5.41, 5.74) is 2.07. The van der Waals surface area contributed by atoms with Crippen LogP contribution in [-0.2, 0) is 14.8 Å². The second-order valence-corrected chi connectivity index (χ2v) is 8.20. The van der Waals surface area contributed by atoms with Gasteiger partial charge in [-0.25, -0.2) is 8.42 Å². The number of hydrogen-bond acceptors (Lipinski definition) is 5.